The summed E-state index contributed by atoms with van der Waals surface area (Å²) < 4.78 is 5.91. The second-order valence-corrected chi connectivity index (χ2v) is 4.23. The van der Waals surface area contributed by atoms with Crippen LogP contribution >= 0.6 is 0 Å². The van der Waals surface area contributed by atoms with Gasteiger partial charge in [-0.05, 0) is 36.8 Å². The zero-order valence-electron chi connectivity index (χ0n) is 9.90. The van der Waals surface area contributed by atoms with Gasteiger partial charge in [0.2, 0.25) is 0 Å². The molecule has 1 aromatic carbocycles. The van der Waals surface area contributed by atoms with E-state index in [2.05, 4.69) is 36.2 Å². The van der Waals surface area contributed by atoms with Gasteiger partial charge in [0.15, 0.2) is 0 Å². The Hall–Kier alpha value is -2.09. The minimum atomic E-state index is 0.881. The fraction of sp³-hybridized carbons (Fsp3) is 0.133. The summed E-state index contributed by atoms with van der Waals surface area (Å²) >= 11 is 0. The lowest BCUT2D eigenvalue weighted by Gasteiger charge is -2.07. The van der Waals surface area contributed by atoms with Gasteiger partial charge in [-0.2, -0.15) is 0 Å². The largest absolute Gasteiger partial charge is 0.456 e. The molecule has 84 valence electrons. The van der Waals surface area contributed by atoms with Crippen molar-refractivity contribution in [3.05, 3.63) is 53.4 Å². The number of nitrogens with zero attached hydrogens (tertiary/aromatic N) is 1. The Morgan fingerprint density at radius 3 is 2.71 bits per heavy atom. The molecule has 0 aromatic heterocycles. The van der Waals surface area contributed by atoms with Crippen LogP contribution in [0.1, 0.15) is 5.56 Å². The maximum Gasteiger partial charge on any atom is 0.136 e. The molecule has 0 radical (unpaired) electrons. The molecule has 0 unspecified atom stereocenters. The van der Waals surface area contributed by atoms with E-state index >= 15 is 0 Å². The molecule has 3 rings (SSSR count). The molecule has 0 atom stereocenters. The molecular weight excluding hydrogens is 210 g/mol. The summed E-state index contributed by atoms with van der Waals surface area (Å²) in [6.45, 7) is 2.07. The topological polar surface area (TPSA) is 25.5 Å². The van der Waals surface area contributed by atoms with Crippen LogP contribution in [0.25, 0.3) is 22.3 Å². The third-order valence-corrected chi connectivity index (χ3v) is 2.96. The van der Waals surface area contributed by atoms with Crippen molar-refractivity contribution in [3.63, 3.8) is 0 Å². The van der Waals surface area contributed by atoms with Crippen LogP contribution < -0.4 is 5.36 Å². The van der Waals surface area contributed by atoms with Crippen LogP contribution in [0, 0.1) is 6.92 Å². The molecule has 0 N–H and O–H groups in total. The Morgan fingerprint density at radius 2 is 1.88 bits per heavy atom. The smallest absolute Gasteiger partial charge is 0.136 e. The molecule has 0 saturated heterocycles. The second-order valence-electron chi connectivity index (χ2n) is 4.23. The van der Waals surface area contributed by atoms with Gasteiger partial charge in [0.25, 0.3) is 0 Å². The minimum absolute atomic E-state index is 0.881. The first-order chi connectivity index (χ1) is 8.26. The Morgan fingerprint density at radius 1 is 1.00 bits per heavy atom. The van der Waals surface area contributed by atoms with Crippen molar-refractivity contribution >= 4 is 11.0 Å². The highest BCUT2D eigenvalue weighted by atomic mass is 16.3. The van der Waals surface area contributed by atoms with E-state index in [0.29, 0.717) is 0 Å². The molecule has 1 aliphatic carbocycles. The van der Waals surface area contributed by atoms with E-state index in [9.17, 15) is 0 Å². The van der Waals surface area contributed by atoms with E-state index in [0.717, 1.165) is 27.7 Å². The summed E-state index contributed by atoms with van der Waals surface area (Å²) in [6, 6.07) is 14.4. The fourth-order valence-electron chi connectivity index (χ4n) is 2.00. The average Bonchev–Trinajstić information content (AvgIpc) is 2.35. The Balaban J connectivity index is 2.41. The van der Waals surface area contributed by atoms with Gasteiger partial charge < -0.3 is 4.42 Å². The number of hydrogen-bond acceptors (Lipinski definition) is 2. The van der Waals surface area contributed by atoms with E-state index in [4.69, 9.17) is 4.42 Å². The first-order valence-electron chi connectivity index (χ1n) is 5.63. The molecule has 0 amide bonds. The maximum atomic E-state index is 5.91. The van der Waals surface area contributed by atoms with Gasteiger partial charge in [0.1, 0.15) is 11.3 Å². The molecule has 17 heavy (non-hydrogen) atoms. The highest BCUT2D eigenvalue weighted by molar-refractivity contribution is 5.83. The van der Waals surface area contributed by atoms with Crippen LogP contribution in [0.4, 0.5) is 0 Å². The Bertz CT molecular complexity index is 725. The molecule has 0 bridgehead atoms. The molecule has 2 aliphatic rings. The van der Waals surface area contributed by atoms with Crippen molar-refractivity contribution in [2.24, 2.45) is 4.99 Å². The lowest BCUT2D eigenvalue weighted by molar-refractivity contribution is 0.618. The van der Waals surface area contributed by atoms with Gasteiger partial charge in [-0.3, -0.25) is 4.99 Å². The number of benzene rings is 2. The molecule has 1 heterocycles. The van der Waals surface area contributed by atoms with Crippen molar-refractivity contribution in [2.75, 3.05) is 7.05 Å². The van der Waals surface area contributed by atoms with Crippen molar-refractivity contribution < 1.29 is 4.42 Å². The van der Waals surface area contributed by atoms with Gasteiger partial charge in [0.05, 0.1) is 5.36 Å². The second kappa shape index (κ2) is 3.74. The van der Waals surface area contributed by atoms with Crippen molar-refractivity contribution in [1.29, 1.82) is 0 Å². The highest BCUT2D eigenvalue weighted by Crippen LogP contribution is 2.27. The highest BCUT2D eigenvalue weighted by Gasteiger charge is 2.06. The monoisotopic (exact) mass is 223 g/mol. The molecule has 0 fully saturated rings. The average molecular weight is 223 g/mol. The predicted molar refractivity (Wildman–Crippen MR) is 69.1 cm³/mol. The zero-order valence-corrected chi connectivity index (χ0v) is 9.90. The van der Waals surface area contributed by atoms with Crippen LogP contribution in [0.15, 0.2) is 51.9 Å². The van der Waals surface area contributed by atoms with Gasteiger partial charge in [-0.25, -0.2) is 0 Å². The Labute approximate surface area is 99.6 Å². The SMILES string of the molecule is CN=c1ccc2cc3ccc(C)cc3oc-2c1. The molecule has 0 saturated carbocycles. The lowest BCUT2D eigenvalue weighted by atomic mass is 10.1. The third-order valence-electron chi connectivity index (χ3n) is 2.96. The van der Waals surface area contributed by atoms with Crippen LogP contribution in [-0.2, 0) is 0 Å². The van der Waals surface area contributed by atoms with E-state index in [1.165, 1.54) is 5.56 Å². The molecular formula is C15H13NO. The van der Waals surface area contributed by atoms with Gasteiger partial charge in [0, 0.05) is 24.1 Å². The molecule has 1 aliphatic heterocycles. The lowest BCUT2D eigenvalue weighted by Crippen LogP contribution is -2.00. The van der Waals surface area contributed by atoms with Crippen molar-refractivity contribution in [3.8, 4) is 11.3 Å². The zero-order chi connectivity index (χ0) is 11.8. The summed E-state index contributed by atoms with van der Waals surface area (Å²) in [5.41, 5.74) is 3.23. The normalized spacial score (nSPS) is 12.5. The predicted octanol–water partition coefficient (Wildman–Crippen LogP) is 3.38. The summed E-state index contributed by atoms with van der Waals surface area (Å²) in [5, 5.41) is 2.07. The van der Waals surface area contributed by atoms with E-state index in [1.54, 1.807) is 7.05 Å². The third kappa shape index (κ3) is 1.72. The van der Waals surface area contributed by atoms with Crippen LogP contribution in [0.5, 0.6) is 0 Å². The molecule has 2 nitrogen and oxygen atoms in total. The van der Waals surface area contributed by atoms with Gasteiger partial charge in [-0.1, -0.05) is 12.1 Å². The van der Waals surface area contributed by atoms with Gasteiger partial charge in [-0.15, -0.1) is 0 Å². The first-order valence-corrected chi connectivity index (χ1v) is 5.63. The van der Waals surface area contributed by atoms with E-state index in [1.807, 2.05) is 18.2 Å². The van der Waals surface area contributed by atoms with Crippen LogP contribution in [0.3, 0.4) is 0 Å². The molecule has 2 heteroatoms. The molecule has 0 spiro atoms. The summed E-state index contributed by atoms with van der Waals surface area (Å²) in [6.07, 6.45) is 0. The number of fused-ring (bicyclic) bond motifs is 2. The van der Waals surface area contributed by atoms with Crippen molar-refractivity contribution in [1.82, 2.24) is 0 Å². The fourth-order valence-corrected chi connectivity index (χ4v) is 2.00. The van der Waals surface area contributed by atoms with Crippen LogP contribution in [0.2, 0.25) is 0 Å². The van der Waals surface area contributed by atoms with E-state index in [-0.39, 0.29) is 0 Å². The first kappa shape index (κ1) is 10.1. The van der Waals surface area contributed by atoms with E-state index < -0.39 is 0 Å². The number of rotatable bonds is 0. The summed E-state index contributed by atoms with van der Waals surface area (Å²) in [5.74, 6) is 0.881. The quantitative estimate of drug-likeness (QED) is 0.536. The van der Waals surface area contributed by atoms with Gasteiger partial charge >= 0.3 is 0 Å². The number of hydrogen-bond donors (Lipinski definition) is 0. The molecule has 1 aromatic rings. The summed E-state index contributed by atoms with van der Waals surface area (Å²) in [7, 11) is 1.78. The summed E-state index contributed by atoms with van der Waals surface area (Å²) in [4.78, 5) is 4.16. The number of aryl methyl sites for hydroxylation is 1. The Kier molecular flexibility index (Phi) is 2.22. The minimum Gasteiger partial charge on any atom is -0.456 e. The standard InChI is InChI=1S/C15H13NO/c1-10-3-4-11-8-12-5-6-13(16-2)9-15(12)17-14(11)7-10/h3-9H,1-2H3. The van der Waals surface area contributed by atoms with Crippen molar-refractivity contribution in [2.45, 2.75) is 6.92 Å². The van der Waals surface area contributed by atoms with Crippen LogP contribution in [-0.4, -0.2) is 7.05 Å². The maximum absolute atomic E-state index is 5.91.